The number of carbonyl (C=O) groups excluding carboxylic acids is 1. The molecule has 0 spiro atoms. The summed E-state index contributed by atoms with van der Waals surface area (Å²) >= 11 is 1.48. The van der Waals surface area contributed by atoms with Gasteiger partial charge in [-0.15, -0.1) is 11.3 Å². The van der Waals surface area contributed by atoms with Gasteiger partial charge in [-0.3, -0.25) is 4.79 Å². The summed E-state index contributed by atoms with van der Waals surface area (Å²) in [5.74, 6) is -0.562. The Morgan fingerprint density at radius 2 is 2.05 bits per heavy atom. The second-order valence-corrected chi connectivity index (χ2v) is 5.51. The number of anilines is 1. The largest absolute Gasteiger partial charge is 0.418 e. The van der Waals surface area contributed by atoms with E-state index in [-0.39, 0.29) is 12.1 Å². The van der Waals surface area contributed by atoms with Gasteiger partial charge >= 0.3 is 6.18 Å². The zero-order valence-electron chi connectivity index (χ0n) is 11.1. The van der Waals surface area contributed by atoms with Gasteiger partial charge in [-0.05, 0) is 42.1 Å². The Bertz CT molecular complexity index is 664. The predicted molar refractivity (Wildman–Crippen MR) is 76.1 cm³/mol. The number of hydrogen-bond acceptors (Lipinski definition) is 3. The van der Waals surface area contributed by atoms with Gasteiger partial charge in [-0.1, -0.05) is 0 Å². The van der Waals surface area contributed by atoms with Crippen molar-refractivity contribution in [2.75, 3.05) is 5.73 Å². The fraction of sp³-hybridized carbons (Fsp3) is 0.214. The maximum absolute atomic E-state index is 12.7. The van der Waals surface area contributed by atoms with Gasteiger partial charge in [0.2, 0.25) is 0 Å². The highest BCUT2D eigenvalue weighted by Gasteiger charge is 2.33. The molecule has 1 aromatic heterocycles. The monoisotopic (exact) mass is 314 g/mol. The molecule has 0 aliphatic carbocycles. The van der Waals surface area contributed by atoms with E-state index in [0.29, 0.717) is 0 Å². The highest BCUT2D eigenvalue weighted by molar-refractivity contribution is 7.10. The van der Waals surface area contributed by atoms with Crippen molar-refractivity contribution in [3.63, 3.8) is 0 Å². The fourth-order valence-electron chi connectivity index (χ4n) is 1.79. The Morgan fingerprint density at radius 1 is 1.33 bits per heavy atom. The number of thiophene rings is 1. The number of amides is 1. The van der Waals surface area contributed by atoms with Gasteiger partial charge in [0.15, 0.2) is 0 Å². The summed E-state index contributed by atoms with van der Waals surface area (Å²) in [5, 5.41) is 4.49. The Morgan fingerprint density at radius 3 is 2.62 bits per heavy atom. The molecule has 1 heterocycles. The highest BCUT2D eigenvalue weighted by atomic mass is 32.1. The van der Waals surface area contributed by atoms with E-state index < -0.39 is 23.3 Å². The van der Waals surface area contributed by atoms with Crippen LogP contribution < -0.4 is 11.1 Å². The Labute approximate surface area is 123 Å². The highest BCUT2D eigenvalue weighted by Crippen LogP contribution is 2.34. The molecule has 112 valence electrons. The minimum absolute atomic E-state index is 0.0641. The number of aryl methyl sites for hydroxylation is 1. The molecule has 7 heteroatoms. The predicted octanol–water partition coefficient (Wildman–Crippen LogP) is 3.59. The summed E-state index contributed by atoms with van der Waals surface area (Å²) in [6.45, 7) is 2.19. The maximum atomic E-state index is 12.7. The molecule has 0 saturated heterocycles. The topological polar surface area (TPSA) is 55.1 Å². The number of nitrogens with one attached hydrogen (secondary N) is 1. The van der Waals surface area contributed by atoms with Crippen LogP contribution in [0, 0.1) is 6.92 Å². The lowest BCUT2D eigenvalue weighted by atomic mass is 10.1. The molecular weight excluding hydrogens is 301 g/mol. The quantitative estimate of drug-likeness (QED) is 0.851. The zero-order valence-corrected chi connectivity index (χ0v) is 11.9. The molecule has 0 atom stereocenters. The third kappa shape index (κ3) is 3.55. The van der Waals surface area contributed by atoms with E-state index in [9.17, 15) is 18.0 Å². The lowest BCUT2D eigenvalue weighted by Gasteiger charge is -2.12. The van der Waals surface area contributed by atoms with Crippen LogP contribution in [-0.2, 0) is 12.7 Å². The van der Waals surface area contributed by atoms with Crippen molar-refractivity contribution < 1.29 is 18.0 Å². The molecular formula is C14H13F3N2OS. The van der Waals surface area contributed by atoms with Crippen molar-refractivity contribution in [3.8, 4) is 0 Å². The molecule has 0 aliphatic rings. The standard InChI is InChI=1S/C14H13F3N2OS/c1-8-4-5-21-12(8)7-19-13(20)9-2-3-11(18)10(6-9)14(15,16)17/h2-6H,7,18H2,1H3,(H,19,20). The fourth-order valence-corrected chi connectivity index (χ4v) is 2.64. The van der Waals surface area contributed by atoms with Crippen LogP contribution in [0.25, 0.3) is 0 Å². The summed E-state index contributed by atoms with van der Waals surface area (Å²) in [7, 11) is 0. The Kier molecular flexibility index (Phi) is 4.22. The van der Waals surface area contributed by atoms with Crippen LogP contribution in [-0.4, -0.2) is 5.91 Å². The molecule has 0 bridgehead atoms. The average molecular weight is 314 g/mol. The first-order chi connectivity index (χ1) is 9.79. The van der Waals surface area contributed by atoms with Crippen LogP contribution in [0.2, 0.25) is 0 Å². The summed E-state index contributed by atoms with van der Waals surface area (Å²) in [6, 6.07) is 5.05. The zero-order chi connectivity index (χ0) is 15.6. The molecule has 0 radical (unpaired) electrons. The summed E-state index contributed by atoms with van der Waals surface area (Å²) in [5.41, 5.74) is 4.88. The van der Waals surface area contributed by atoms with Crippen molar-refractivity contribution in [2.45, 2.75) is 19.6 Å². The molecule has 0 unspecified atom stereocenters. The van der Waals surface area contributed by atoms with Gasteiger partial charge in [0.1, 0.15) is 0 Å². The molecule has 21 heavy (non-hydrogen) atoms. The molecule has 2 aromatic rings. The van der Waals surface area contributed by atoms with E-state index in [1.807, 2.05) is 18.4 Å². The normalized spacial score (nSPS) is 11.4. The van der Waals surface area contributed by atoms with Gasteiger partial charge < -0.3 is 11.1 Å². The second-order valence-electron chi connectivity index (χ2n) is 4.51. The first kappa shape index (κ1) is 15.4. The molecule has 0 saturated carbocycles. The van der Waals surface area contributed by atoms with Crippen LogP contribution in [0.3, 0.4) is 0 Å². The Balaban J connectivity index is 2.15. The van der Waals surface area contributed by atoms with Crippen molar-refractivity contribution in [1.29, 1.82) is 0 Å². The molecule has 2 rings (SSSR count). The first-order valence-electron chi connectivity index (χ1n) is 6.07. The van der Waals surface area contributed by atoms with Crippen LogP contribution >= 0.6 is 11.3 Å². The number of carbonyl (C=O) groups is 1. The SMILES string of the molecule is Cc1ccsc1CNC(=O)c1ccc(N)c(C(F)(F)F)c1. The number of alkyl halides is 3. The number of nitrogen functional groups attached to an aromatic ring is 1. The molecule has 3 N–H and O–H groups in total. The summed E-state index contributed by atoms with van der Waals surface area (Å²) in [4.78, 5) is 12.9. The van der Waals surface area contributed by atoms with E-state index in [1.54, 1.807) is 0 Å². The summed E-state index contributed by atoms with van der Waals surface area (Å²) in [6.07, 6.45) is -4.58. The average Bonchev–Trinajstić information content (AvgIpc) is 2.80. The minimum Gasteiger partial charge on any atom is -0.398 e. The first-order valence-corrected chi connectivity index (χ1v) is 6.95. The van der Waals surface area contributed by atoms with Crippen molar-refractivity contribution in [2.24, 2.45) is 0 Å². The molecule has 1 aromatic carbocycles. The van der Waals surface area contributed by atoms with E-state index in [1.165, 1.54) is 17.4 Å². The third-order valence-electron chi connectivity index (χ3n) is 3.00. The molecule has 3 nitrogen and oxygen atoms in total. The second kappa shape index (κ2) is 5.77. The van der Waals surface area contributed by atoms with Crippen molar-refractivity contribution >= 4 is 22.9 Å². The van der Waals surface area contributed by atoms with Gasteiger partial charge in [-0.25, -0.2) is 0 Å². The lowest BCUT2D eigenvalue weighted by Crippen LogP contribution is -2.23. The van der Waals surface area contributed by atoms with Crippen molar-refractivity contribution in [1.82, 2.24) is 5.32 Å². The van der Waals surface area contributed by atoms with Gasteiger partial charge in [0, 0.05) is 16.1 Å². The van der Waals surface area contributed by atoms with Crippen LogP contribution in [0.4, 0.5) is 18.9 Å². The number of nitrogens with two attached hydrogens (primary N) is 1. The number of halogens is 3. The van der Waals surface area contributed by atoms with E-state index in [2.05, 4.69) is 5.32 Å². The Hall–Kier alpha value is -2.02. The number of rotatable bonds is 3. The van der Waals surface area contributed by atoms with Crippen molar-refractivity contribution in [3.05, 3.63) is 51.2 Å². The molecule has 0 fully saturated rings. The van der Waals surface area contributed by atoms with E-state index in [0.717, 1.165) is 22.6 Å². The molecule has 0 aliphatic heterocycles. The number of hydrogen-bond donors (Lipinski definition) is 2. The van der Waals surface area contributed by atoms with Gasteiger partial charge in [0.05, 0.1) is 12.1 Å². The lowest BCUT2D eigenvalue weighted by molar-refractivity contribution is -0.136. The van der Waals surface area contributed by atoms with Crippen LogP contribution in [0.5, 0.6) is 0 Å². The minimum atomic E-state index is -4.58. The van der Waals surface area contributed by atoms with E-state index in [4.69, 9.17) is 5.73 Å². The van der Waals surface area contributed by atoms with Gasteiger partial charge in [-0.2, -0.15) is 13.2 Å². The van der Waals surface area contributed by atoms with Gasteiger partial charge in [0.25, 0.3) is 5.91 Å². The van der Waals surface area contributed by atoms with Crippen LogP contribution in [0.15, 0.2) is 29.6 Å². The summed E-state index contributed by atoms with van der Waals surface area (Å²) < 4.78 is 38.2. The number of benzene rings is 1. The molecule has 1 amide bonds. The maximum Gasteiger partial charge on any atom is 0.418 e. The van der Waals surface area contributed by atoms with E-state index >= 15 is 0 Å². The third-order valence-corrected chi connectivity index (χ3v) is 4.02. The smallest absolute Gasteiger partial charge is 0.398 e. The van der Waals surface area contributed by atoms with Crippen LogP contribution in [0.1, 0.15) is 26.4 Å².